The zero-order valence-electron chi connectivity index (χ0n) is 16.8. The number of nitrogens with zero attached hydrogens (tertiary/aromatic N) is 6. The maximum absolute atomic E-state index is 13.1. The Bertz CT molecular complexity index is 1200. The average molecular weight is 574 g/mol. The monoisotopic (exact) mass is 572 g/mol. The molecule has 0 bridgehead atoms. The Balaban J connectivity index is 1.39. The third-order valence-electron chi connectivity index (χ3n) is 5.53. The van der Waals surface area contributed by atoms with Crippen LogP contribution in [0.1, 0.15) is 17.2 Å². The van der Waals surface area contributed by atoms with E-state index in [4.69, 9.17) is 4.74 Å². The fourth-order valence-electron chi connectivity index (χ4n) is 3.94. The molecule has 0 saturated carbocycles. The van der Waals surface area contributed by atoms with Crippen molar-refractivity contribution in [1.29, 1.82) is 0 Å². The average Bonchev–Trinajstić information content (AvgIpc) is 3.16. The van der Waals surface area contributed by atoms with Crippen molar-refractivity contribution in [1.82, 2.24) is 24.6 Å². The molecule has 7 nitrogen and oxygen atoms in total. The number of pyridine rings is 1. The molecule has 2 aliphatic heterocycles. The van der Waals surface area contributed by atoms with Gasteiger partial charge in [-0.25, -0.2) is 4.98 Å². The van der Waals surface area contributed by atoms with E-state index in [9.17, 15) is 13.2 Å². The molecule has 0 unspecified atom stereocenters. The number of ether oxygens (including phenoxy) is 1. The number of hydrogen-bond donors (Lipinski definition) is 0. The second-order valence-corrected chi connectivity index (χ2v) is 9.43. The summed E-state index contributed by atoms with van der Waals surface area (Å²) >= 11 is 6.99. The predicted octanol–water partition coefficient (Wildman–Crippen LogP) is 5.28. The first-order valence-corrected chi connectivity index (χ1v) is 11.4. The van der Waals surface area contributed by atoms with Crippen molar-refractivity contribution in [2.75, 3.05) is 24.5 Å². The molecule has 0 spiro atoms. The maximum Gasteiger partial charge on any atom is 0.451 e. The summed E-state index contributed by atoms with van der Waals surface area (Å²) in [4.78, 5) is 8.71. The molecule has 5 rings (SSSR count). The van der Waals surface area contributed by atoms with Crippen LogP contribution in [0.5, 0.6) is 11.5 Å². The standard InChI is InChI=1S/C20H17Br2F3N6O/c1-11-6-14-15(8-13(11)22)32-16-7-12(21)9-26-18(16)30(14)4-2-29-3-5-31-17(10-29)27-28-19(31)20(23,24)25/h6-9H,2-5,10H2,1H3. The Morgan fingerprint density at radius 2 is 1.88 bits per heavy atom. The molecule has 2 aliphatic rings. The maximum atomic E-state index is 13.1. The molecule has 0 atom stereocenters. The summed E-state index contributed by atoms with van der Waals surface area (Å²) in [6.45, 7) is 4.18. The Kier molecular flexibility index (Phi) is 5.41. The van der Waals surface area contributed by atoms with E-state index in [1.54, 1.807) is 6.20 Å². The first-order valence-electron chi connectivity index (χ1n) is 9.83. The highest BCUT2D eigenvalue weighted by atomic mass is 79.9. The molecule has 168 valence electrons. The fraction of sp³-hybridized carbons (Fsp3) is 0.350. The topological polar surface area (TPSA) is 59.3 Å². The van der Waals surface area contributed by atoms with Gasteiger partial charge in [-0.05, 0) is 40.5 Å². The molecule has 4 heterocycles. The minimum Gasteiger partial charge on any atom is -0.451 e. The van der Waals surface area contributed by atoms with Crippen molar-refractivity contribution in [2.24, 2.45) is 0 Å². The highest BCUT2D eigenvalue weighted by molar-refractivity contribution is 9.10. The van der Waals surface area contributed by atoms with Gasteiger partial charge in [0.2, 0.25) is 5.82 Å². The van der Waals surface area contributed by atoms with E-state index in [0.29, 0.717) is 49.3 Å². The lowest BCUT2D eigenvalue weighted by Gasteiger charge is -2.35. The van der Waals surface area contributed by atoms with Crippen molar-refractivity contribution >= 4 is 43.4 Å². The molecule has 32 heavy (non-hydrogen) atoms. The summed E-state index contributed by atoms with van der Waals surface area (Å²) < 4.78 is 48.3. The molecule has 0 saturated heterocycles. The molecule has 3 aromatic rings. The van der Waals surface area contributed by atoms with Crippen molar-refractivity contribution in [3.63, 3.8) is 0 Å². The van der Waals surface area contributed by atoms with Crippen LogP contribution in [0.2, 0.25) is 0 Å². The zero-order valence-corrected chi connectivity index (χ0v) is 20.0. The number of aryl methyl sites for hydroxylation is 1. The highest BCUT2D eigenvalue weighted by Gasteiger charge is 2.39. The number of hydrogen-bond acceptors (Lipinski definition) is 6. The van der Waals surface area contributed by atoms with E-state index in [0.717, 1.165) is 24.8 Å². The van der Waals surface area contributed by atoms with E-state index < -0.39 is 12.0 Å². The Morgan fingerprint density at radius 1 is 1.06 bits per heavy atom. The van der Waals surface area contributed by atoms with Crippen molar-refractivity contribution in [3.05, 3.63) is 50.6 Å². The minimum absolute atomic E-state index is 0.199. The first-order chi connectivity index (χ1) is 15.2. The number of fused-ring (bicyclic) bond motifs is 3. The van der Waals surface area contributed by atoms with Crippen LogP contribution in [-0.2, 0) is 19.3 Å². The van der Waals surface area contributed by atoms with Gasteiger partial charge in [0.25, 0.3) is 0 Å². The second kappa shape index (κ2) is 7.99. The van der Waals surface area contributed by atoms with Crippen LogP contribution < -0.4 is 9.64 Å². The number of benzene rings is 1. The SMILES string of the molecule is Cc1cc2c(cc1Br)Oc1cc(Br)cnc1N2CCN1CCn2c(nnc2C(F)(F)F)C1. The van der Waals surface area contributed by atoms with Gasteiger partial charge in [-0.2, -0.15) is 13.2 Å². The van der Waals surface area contributed by atoms with Gasteiger partial charge in [-0.1, -0.05) is 15.9 Å². The van der Waals surface area contributed by atoms with Crippen molar-refractivity contribution in [2.45, 2.75) is 26.2 Å². The van der Waals surface area contributed by atoms with Gasteiger partial charge in [0.15, 0.2) is 17.3 Å². The summed E-state index contributed by atoms with van der Waals surface area (Å²) in [5, 5.41) is 7.12. The van der Waals surface area contributed by atoms with Crippen LogP contribution in [0.25, 0.3) is 0 Å². The molecule has 2 aromatic heterocycles. The smallest absolute Gasteiger partial charge is 0.451 e. The molecular weight excluding hydrogens is 557 g/mol. The summed E-state index contributed by atoms with van der Waals surface area (Å²) in [5.74, 6) is 1.44. The van der Waals surface area contributed by atoms with Crippen LogP contribution in [0.4, 0.5) is 24.7 Å². The van der Waals surface area contributed by atoms with Gasteiger partial charge in [-0.3, -0.25) is 4.90 Å². The fourth-order valence-corrected chi connectivity index (χ4v) is 4.57. The molecule has 0 N–H and O–H groups in total. The summed E-state index contributed by atoms with van der Waals surface area (Å²) in [6.07, 6.45) is -2.78. The number of alkyl halides is 3. The Labute approximate surface area is 198 Å². The van der Waals surface area contributed by atoms with Crippen LogP contribution in [-0.4, -0.2) is 44.3 Å². The number of rotatable bonds is 3. The highest BCUT2D eigenvalue weighted by Crippen LogP contribution is 2.47. The molecule has 12 heteroatoms. The molecule has 0 amide bonds. The minimum atomic E-state index is -4.50. The van der Waals surface area contributed by atoms with Crippen LogP contribution in [0.3, 0.4) is 0 Å². The van der Waals surface area contributed by atoms with E-state index in [-0.39, 0.29) is 6.54 Å². The predicted molar refractivity (Wildman–Crippen MR) is 118 cm³/mol. The third-order valence-corrected chi connectivity index (χ3v) is 6.82. The normalized spacial score (nSPS) is 15.8. The van der Waals surface area contributed by atoms with Gasteiger partial charge in [0.1, 0.15) is 5.82 Å². The number of aromatic nitrogens is 4. The molecule has 0 fully saturated rings. The lowest BCUT2D eigenvalue weighted by atomic mass is 10.1. The van der Waals surface area contributed by atoms with Gasteiger partial charge < -0.3 is 14.2 Å². The second-order valence-electron chi connectivity index (χ2n) is 7.66. The lowest BCUT2D eigenvalue weighted by Crippen LogP contribution is -2.40. The Morgan fingerprint density at radius 3 is 2.66 bits per heavy atom. The molecular formula is C20H17Br2F3N6O. The largest absolute Gasteiger partial charge is 0.451 e. The third kappa shape index (κ3) is 3.88. The molecule has 0 aliphatic carbocycles. The molecule has 0 radical (unpaired) electrons. The van der Waals surface area contributed by atoms with Crippen LogP contribution in [0.15, 0.2) is 33.3 Å². The quantitative estimate of drug-likeness (QED) is 0.425. The van der Waals surface area contributed by atoms with Crippen molar-refractivity contribution in [3.8, 4) is 11.5 Å². The van der Waals surface area contributed by atoms with Gasteiger partial charge >= 0.3 is 6.18 Å². The first kappa shape index (κ1) is 21.7. The lowest BCUT2D eigenvalue weighted by molar-refractivity contribution is -0.148. The summed E-state index contributed by atoms with van der Waals surface area (Å²) in [6, 6.07) is 5.84. The van der Waals surface area contributed by atoms with Crippen LogP contribution >= 0.6 is 31.9 Å². The van der Waals surface area contributed by atoms with E-state index in [1.807, 2.05) is 25.1 Å². The van der Waals surface area contributed by atoms with Gasteiger partial charge in [0, 0.05) is 47.4 Å². The van der Waals surface area contributed by atoms with Crippen molar-refractivity contribution < 1.29 is 17.9 Å². The Hall–Kier alpha value is -2.18. The van der Waals surface area contributed by atoms with E-state index >= 15 is 0 Å². The van der Waals surface area contributed by atoms with E-state index in [1.165, 1.54) is 0 Å². The number of halogens is 5. The summed E-state index contributed by atoms with van der Waals surface area (Å²) in [5.41, 5.74) is 1.95. The zero-order chi connectivity index (χ0) is 22.6. The van der Waals surface area contributed by atoms with Gasteiger partial charge in [-0.15, -0.1) is 10.2 Å². The van der Waals surface area contributed by atoms with Gasteiger partial charge in [0.05, 0.1) is 12.2 Å². The van der Waals surface area contributed by atoms with Crippen LogP contribution in [0, 0.1) is 6.92 Å². The number of anilines is 2. The summed E-state index contributed by atoms with van der Waals surface area (Å²) in [7, 11) is 0. The van der Waals surface area contributed by atoms with E-state index in [2.05, 4.69) is 56.8 Å². The molecule has 1 aromatic carbocycles.